The summed E-state index contributed by atoms with van der Waals surface area (Å²) in [6, 6.07) is 8.95. The fourth-order valence-electron chi connectivity index (χ4n) is 2.34. The molecule has 1 aliphatic carbocycles. The van der Waals surface area contributed by atoms with Crippen molar-refractivity contribution in [3.63, 3.8) is 0 Å². The van der Waals surface area contributed by atoms with Gasteiger partial charge in [0.1, 0.15) is 0 Å². The number of aryl methyl sites for hydroxylation is 1. The van der Waals surface area contributed by atoms with Gasteiger partial charge in [-0.25, -0.2) is 0 Å². The van der Waals surface area contributed by atoms with Gasteiger partial charge in [0.25, 0.3) is 0 Å². The third-order valence-corrected chi connectivity index (χ3v) is 3.65. The number of nitrogens with two attached hydrogens (primary N) is 1. The monoisotopic (exact) mass is 189 g/mol. The summed E-state index contributed by atoms with van der Waals surface area (Å²) in [7, 11) is 0. The predicted molar refractivity (Wildman–Crippen MR) is 60.4 cm³/mol. The Morgan fingerprint density at radius 2 is 2.14 bits per heavy atom. The summed E-state index contributed by atoms with van der Waals surface area (Å²) in [5, 5.41) is 0. The highest BCUT2D eigenvalue weighted by Crippen LogP contribution is 2.42. The van der Waals surface area contributed by atoms with E-state index in [1.807, 2.05) is 0 Å². The zero-order chi connectivity index (χ0) is 10.0. The molecule has 0 unspecified atom stereocenters. The lowest BCUT2D eigenvalue weighted by Gasteiger charge is -2.41. The van der Waals surface area contributed by atoms with Gasteiger partial charge in [-0.05, 0) is 30.4 Å². The highest BCUT2D eigenvalue weighted by molar-refractivity contribution is 5.32. The number of rotatable bonds is 3. The number of hydrogen-bond donors (Lipinski definition) is 1. The lowest BCUT2D eigenvalue weighted by molar-refractivity contribution is 0.253. The molecule has 0 amide bonds. The Bertz CT molecular complexity index is 307. The van der Waals surface area contributed by atoms with Crippen LogP contribution in [0.25, 0.3) is 0 Å². The minimum Gasteiger partial charge on any atom is -0.330 e. The van der Waals surface area contributed by atoms with E-state index in [0.29, 0.717) is 5.41 Å². The lowest BCUT2D eigenvalue weighted by Crippen LogP contribution is -2.41. The second-order valence-corrected chi connectivity index (χ2v) is 4.39. The van der Waals surface area contributed by atoms with Crippen LogP contribution in [0, 0.1) is 0 Å². The van der Waals surface area contributed by atoms with E-state index >= 15 is 0 Å². The topological polar surface area (TPSA) is 26.0 Å². The highest BCUT2D eigenvalue weighted by Gasteiger charge is 2.37. The molecule has 1 heteroatoms. The predicted octanol–water partition coefficient (Wildman–Crippen LogP) is 2.63. The molecule has 1 saturated carbocycles. The Kier molecular flexibility index (Phi) is 2.60. The standard InChI is InChI=1S/C13H19N/c1-2-11-5-3-6-12(9-11)13(10-14)7-4-8-13/h3,5-6,9H,2,4,7-8,10,14H2,1H3. The molecule has 0 radical (unpaired) electrons. The largest absolute Gasteiger partial charge is 0.330 e. The Morgan fingerprint density at radius 3 is 2.64 bits per heavy atom. The Morgan fingerprint density at radius 1 is 1.36 bits per heavy atom. The van der Waals surface area contributed by atoms with Crippen LogP contribution in [0.1, 0.15) is 37.3 Å². The quantitative estimate of drug-likeness (QED) is 0.777. The van der Waals surface area contributed by atoms with E-state index in [2.05, 4.69) is 31.2 Å². The molecule has 0 aromatic heterocycles. The summed E-state index contributed by atoms with van der Waals surface area (Å²) >= 11 is 0. The molecule has 2 N–H and O–H groups in total. The maximum Gasteiger partial charge on any atom is 0.00756 e. The minimum absolute atomic E-state index is 0.325. The summed E-state index contributed by atoms with van der Waals surface area (Å²) in [4.78, 5) is 0. The number of hydrogen-bond acceptors (Lipinski definition) is 1. The molecule has 1 aromatic carbocycles. The van der Waals surface area contributed by atoms with Crippen LogP contribution < -0.4 is 5.73 Å². The molecule has 1 nitrogen and oxygen atoms in total. The zero-order valence-corrected chi connectivity index (χ0v) is 8.92. The van der Waals surface area contributed by atoms with E-state index in [4.69, 9.17) is 5.73 Å². The molecule has 0 aliphatic heterocycles. The van der Waals surface area contributed by atoms with Crippen molar-refractivity contribution in [1.82, 2.24) is 0 Å². The van der Waals surface area contributed by atoms with Crippen molar-refractivity contribution >= 4 is 0 Å². The first-order chi connectivity index (χ1) is 6.80. The molecule has 0 atom stereocenters. The van der Waals surface area contributed by atoms with Crippen LogP contribution in [-0.2, 0) is 11.8 Å². The molecular formula is C13H19N. The maximum atomic E-state index is 5.89. The van der Waals surface area contributed by atoms with Crippen LogP contribution >= 0.6 is 0 Å². The lowest BCUT2D eigenvalue weighted by atomic mass is 9.64. The third kappa shape index (κ3) is 1.46. The van der Waals surface area contributed by atoms with Crippen LogP contribution in [0.4, 0.5) is 0 Å². The Hall–Kier alpha value is -0.820. The summed E-state index contributed by atoms with van der Waals surface area (Å²) in [5.74, 6) is 0. The second kappa shape index (κ2) is 3.74. The molecule has 1 aliphatic rings. The van der Waals surface area contributed by atoms with Gasteiger partial charge in [-0.3, -0.25) is 0 Å². The smallest absolute Gasteiger partial charge is 0.00756 e. The molecule has 1 fully saturated rings. The van der Waals surface area contributed by atoms with Crippen molar-refractivity contribution < 1.29 is 0 Å². The van der Waals surface area contributed by atoms with Crippen LogP contribution in [0.5, 0.6) is 0 Å². The van der Waals surface area contributed by atoms with Crippen molar-refractivity contribution in [2.24, 2.45) is 5.73 Å². The van der Waals surface area contributed by atoms with Crippen molar-refractivity contribution in [3.8, 4) is 0 Å². The molecule has 0 spiro atoms. The van der Waals surface area contributed by atoms with Gasteiger partial charge in [-0.1, -0.05) is 37.6 Å². The van der Waals surface area contributed by atoms with Gasteiger partial charge in [-0.15, -0.1) is 0 Å². The SMILES string of the molecule is CCc1cccc(C2(CN)CCC2)c1. The highest BCUT2D eigenvalue weighted by atomic mass is 14.6. The van der Waals surface area contributed by atoms with E-state index in [0.717, 1.165) is 13.0 Å². The van der Waals surface area contributed by atoms with Gasteiger partial charge < -0.3 is 5.73 Å². The molecule has 0 heterocycles. The van der Waals surface area contributed by atoms with Crippen LogP contribution in [0.3, 0.4) is 0 Å². The minimum atomic E-state index is 0.325. The van der Waals surface area contributed by atoms with Crippen molar-refractivity contribution in [2.75, 3.05) is 6.54 Å². The van der Waals surface area contributed by atoms with E-state index in [1.165, 1.54) is 30.4 Å². The van der Waals surface area contributed by atoms with Crippen LogP contribution in [-0.4, -0.2) is 6.54 Å². The fourth-order valence-corrected chi connectivity index (χ4v) is 2.34. The van der Waals surface area contributed by atoms with Gasteiger partial charge in [0.2, 0.25) is 0 Å². The average Bonchev–Trinajstić information content (AvgIpc) is 2.18. The first-order valence-corrected chi connectivity index (χ1v) is 5.60. The second-order valence-electron chi connectivity index (χ2n) is 4.39. The fraction of sp³-hybridized carbons (Fsp3) is 0.538. The van der Waals surface area contributed by atoms with Gasteiger partial charge in [0.05, 0.1) is 0 Å². The normalized spacial score (nSPS) is 19.0. The van der Waals surface area contributed by atoms with E-state index in [-0.39, 0.29) is 0 Å². The molecule has 14 heavy (non-hydrogen) atoms. The number of benzene rings is 1. The maximum absolute atomic E-state index is 5.89. The zero-order valence-electron chi connectivity index (χ0n) is 8.92. The van der Waals surface area contributed by atoms with Crippen LogP contribution in [0.2, 0.25) is 0 Å². The third-order valence-electron chi connectivity index (χ3n) is 3.65. The van der Waals surface area contributed by atoms with Crippen molar-refractivity contribution in [2.45, 2.75) is 38.0 Å². The Labute approximate surface area is 86.3 Å². The molecule has 2 rings (SSSR count). The van der Waals surface area contributed by atoms with Crippen molar-refractivity contribution in [1.29, 1.82) is 0 Å². The van der Waals surface area contributed by atoms with E-state index in [1.54, 1.807) is 0 Å². The molecule has 1 aromatic rings. The van der Waals surface area contributed by atoms with Gasteiger partial charge in [-0.2, -0.15) is 0 Å². The van der Waals surface area contributed by atoms with Gasteiger partial charge >= 0.3 is 0 Å². The van der Waals surface area contributed by atoms with E-state index in [9.17, 15) is 0 Å². The first kappa shape index (κ1) is 9.72. The molecule has 0 saturated heterocycles. The molecule has 0 bridgehead atoms. The summed E-state index contributed by atoms with van der Waals surface area (Å²) < 4.78 is 0. The summed E-state index contributed by atoms with van der Waals surface area (Å²) in [6.07, 6.45) is 5.01. The molecular weight excluding hydrogens is 170 g/mol. The summed E-state index contributed by atoms with van der Waals surface area (Å²) in [6.45, 7) is 3.01. The Balaban J connectivity index is 2.30. The average molecular weight is 189 g/mol. The van der Waals surface area contributed by atoms with Gasteiger partial charge in [0.15, 0.2) is 0 Å². The first-order valence-electron chi connectivity index (χ1n) is 5.60. The van der Waals surface area contributed by atoms with Crippen molar-refractivity contribution in [3.05, 3.63) is 35.4 Å². The van der Waals surface area contributed by atoms with Gasteiger partial charge in [0, 0.05) is 12.0 Å². The molecule has 76 valence electrons. The van der Waals surface area contributed by atoms with E-state index < -0.39 is 0 Å². The van der Waals surface area contributed by atoms with Crippen LogP contribution in [0.15, 0.2) is 24.3 Å². The summed E-state index contributed by atoms with van der Waals surface area (Å²) in [5.41, 5.74) is 9.11.